The van der Waals surface area contributed by atoms with Crippen LogP contribution >= 0.6 is 0 Å². The molecule has 37 heavy (non-hydrogen) atoms. The van der Waals surface area contributed by atoms with E-state index >= 15 is 0 Å². The van der Waals surface area contributed by atoms with Crippen LogP contribution in [0.5, 0.6) is 5.75 Å². The van der Waals surface area contributed by atoms with E-state index in [4.69, 9.17) is 4.74 Å². The zero-order chi connectivity index (χ0) is 26.6. The van der Waals surface area contributed by atoms with Crippen LogP contribution in [0.2, 0.25) is 0 Å². The summed E-state index contributed by atoms with van der Waals surface area (Å²) in [4.78, 5) is 36.4. The highest BCUT2D eigenvalue weighted by Gasteiger charge is 2.12. The lowest BCUT2D eigenvalue weighted by Gasteiger charge is -2.10. The van der Waals surface area contributed by atoms with Gasteiger partial charge in [0.05, 0.1) is 6.21 Å². The highest BCUT2D eigenvalue weighted by molar-refractivity contribution is 6.35. The minimum Gasteiger partial charge on any atom is -0.484 e. The van der Waals surface area contributed by atoms with Crippen LogP contribution in [0.4, 0.5) is 5.69 Å². The maximum atomic E-state index is 12.3. The number of para-hydroxylation sites is 1. The number of anilines is 1. The summed E-state index contributed by atoms with van der Waals surface area (Å²) in [6, 6.07) is 22.3. The average Bonchev–Trinajstić information content (AvgIpc) is 2.91. The molecule has 0 aliphatic carbocycles. The van der Waals surface area contributed by atoms with E-state index in [2.05, 4.69) is 35.0 Å². The van der Waals surface area contributed by atoms with Crippen LogP contribution in [0.3, 0.4) is 0 Å². The van der Waals surface area contributed by atoms with Crippen LogP contribution < -0.4 is 20.8 Å². The van der Waals surface area contributed by atoms with Gasteiger partial charge < -0.3 is 15.4 Å². The number of aryl methyl sites for hydroxylation is 1. The predicted octanol–water partition coefficient (Wildman–Crippen LogP) is 4.16. The van der Waals surface area contributed by atoms with Gasteiger partial charge in [-0.2, -0.15) is 5.10 Å². The van der Waals surface area contributed by atoms with Gasteiger partial charge >= 0.3 is 11.8 Å². The van der Waals surface area contributed by atoms with Crippen LogP contribution in [0, 0.1) is 0 Å². The van der Waals surface area contributed by atoms with E-state index in [1.165, 1.54) is 11.8 Å². The monoisotopic (exact) mass is 500 g/mol. The fraction of sp³-hybridized carbons (Fsp3) is 0.241. The molecule has 8 heteroatoms. The molecule has 3 aromatic carbocycles. The lowest BCUT2D eigenvalue weighted by molar-refractivity contribution is -0.139. The molecule has 3 amide bonds. The van der Waals surface area contributed by atoms with Gasteiger partial charge in [-0.05, 0) is 52.8 Å². The lowest BCUT2D eigenvalue weighted by Crippen LogP contribution is -2.37. The molecule has 0 bridgehead atoms. The number of hydrogen-bond donors (Lipinski definition) is 3. The van der Waals surface area contributed by atoms with Gasteiger partial charge in [0, 0.05) is 12.2 Å². The molecule has 8 nitrogen and oxygen atoms in total. The summed E-state index contributed by atoms with van der Waals surface area (Å²) >= 11 is 0. The number of benzene rings is 3. The minimum absolute atomic E-state index is 0.157. The van der Waals surface area contributed by atoms with Crippen LogP contribution in [-0.2, 0) is 27.3 Å². The second kappa shape index (κ2) is 13.6. The number of nitrogens with zero attached hydrogens (tertiary/aromatic N) is 1. The van der Waals surface area contributed by atoms with E-state index in [-0.39, 0.29) is 19.1 Å². The zero-order valence-corrected chi connectivity index (χ0v) is 21.3. The predicted molar refractivity (Wildman–Crippen MR) is 145 cm³/mol. The molecule has 0 aliphatic rings. The van der Waals surface area contributed by atoms with Crippen molar-refractivity contribution in [2.24, 2.45) is 5.10 Å². The molecule has 3 aromatic rings. The molecule has 192 valence electrons. The second-order valence-corrected chi connectivity index (χ2v) is 8.70. The smallest absolute Gasteiger partial charge is 0.329 e. The van der Waals surface area contributed by atoms with Crippen LogP contribution in [0.15, 0.2) is 77.9 Å². The number of rotatable bonds is 10. The molecule has 0 aromatic heterocycles. The number of carbonyl (C=O) groups is 3. The Morgan fingerprint density at radius 3 is 2.43 bits per heavy atom. The van der Waals surface area contributed by atoms with Gasteiger partial charge in [-0.3, -0.25) is 14.4 Å². The van der Waals surface area contributed by atoms with Crippen molar-refractivity contribution in [3.8, 4) is 5.75 Å². The minimum atomic E-state index is -0.869. The molecular weight excluding hydrogens is 468 g/mol. The summed E-state index contributed by atoms with van der Waals surface area (Å²) in [7, 11) is 0. The molecule has 3 N–H and O–H groups in total. The molecule has 0 saturated heterocycles. The largest absolute Gasteiger partial charge is 0.484 e. The maximum absolute atomic E-state index is 12.3. The highest BCUT2D eigenvalue weighted by Crippen LogP contribution is 2.16. The van der Waals surface area contributed by atoms with Crippen molar-refractivity contribution >= 4 is 29.6 Å². The van der Waals surface area contributed by atoms with Gasteiger partial charge in [0.1, 0.15) is 5.75 Å². The SMILES string of the molecule is CCc1ccccc1NC(=O)COc1cccc(/C=N\NC(=O)C(=O)NCc2ccc(C(C)C)cc2)c1. The Morgan fingerprint density at radius 2 is 1.70 bits per heavy atom. The molecule has 0 spiro atoms. The Bertz CT molecular complexity index is 1250. The zero-order valence-electron chi connectivity index (χ0n) is 21.3. The summed E-state index contributed by atoms with van der Waals surface area (Å²) in [5, 5.41) is 9.27. The van der Waals surface area contributed by atoms with Crippen molar-refractivity contribution in [2.75, 3.05) is 11.9 Å². The van der Waals surface area contributed by atoms with E-state index in [0.717, 1.165) is 23.2 Å². The first-order valence-electron chi connectivity index (χ1n) is 12.2. The Labute approximate surface area is 217 Å². The summed E-state index contributed by atoms with van der Waals surface area (Å²) in [5.41, 5.74) is 6.75. The maximum Gasteiger partial charge on any atom is 0.329 e. The van der Waals surface area contributed by atoms with Gasteiger partial charge in [0.2, 0.25) is 0 Å². The van der Waals surface area contributed by atoms with Gasteiger partial charge in [0.15, 0.2) is 6.61 Å². The van der Waals surface area contributed by atoms with E-state index in [1.54, 1.807) is 24.3 Å². The topological polar surface area (TPSA) is 109 Å². The lowest BCUT2D eigenvalue weighted by atomic mass is 10.0. The third-order valence-corrected chi connectivity index (χ3v) is 5.59. The molecule has 0 aliphatic heterocycles. The number of hydrogen-bond acceptors (Lipinski definition) is 5. The fourth-order valence-corrected chi connectivity index (χ4v) is 3.47. The third-order valence-electron chi connectivity index (χ3n) is 5.59. The number of carbonyl (C=O) groups excluding carboxylic acids is 3. The molecular formula is C29H32N4O4. The van der Waals surface area contributed by atoms with E-state index in [9.17, 15) is 14.4 Å². The van der Waals surface area contributed by atoms with Crippen molar-refractivity contribution in [2.45, 2.75) is 39.7 Å². The molecule has 0 radical (unpaired) electrons. The summed E-state index contributed by atoms with van der Waals surface area (Å²) < 4.78 is 5.59. The summed E-state index contributed by atoms with van der Waals surface area (Å²) in [5.74, 6) is -1.03. The summed E-state index contributed by atoms with van der Waals surface area (Å²) in [6.45, 7) is 6.33. The Hall–Kier alpha value is -4.46. The summed E-state index contributed by atoms with van der Waals surface area (Å²) in [6.07, 6.45) is 2.20. The van der Waals surface area contributed by atoms with Crippen molar-refractivity contribution in [3.05, 3.63) is 95.1 Å². The molecule has 0 unspecified atom stereocenters. The Balaban J connectivity index is 1.44. The quantitative estimate of drug-likeness (QED) is 0.221. The number of nitrogens with one attached hydrogen (secondary N) is 3. The van der Waals surface area contributed by atoms with Gasteiger partial charge in [-0.1, -0.05) is 75.4 Å². The van der Waals surface area contributed by atoms with Gasteiger partial charge in [0.25, 0.3) is 5.91 Å². The van der Waals surface area contributed by atoms with Crippen molar-refractivity contribution in [1.82, 2.24) is 10.7 Å². The first-order valence-corrected chi connectivity index (χ1v) is 12.2. The molecule has 0 atom stereocenters. The number of ether oxygens (including phenoxy) is 1. The van der Waals surface area contributed by atoms with Crippen molar-refractivity contribution < 1.29 is 19.1 Å². The molecule has 0 saturated carbocycles. The van der Waals surface area contributed by atoms with Crippen LogP contribution in [0.1, 0.15) is 48.9 Å². The Morgan fingerprint density at radius 1 is 0.946 bits per heavy atom. The van der Waals surface area contributed by atoms with Crippen molar-refractivity contribution in [3.63, 3.8) is 0 Å². The van der Waals surface area contributed by atoms with Crippen LogP contribution in [0.25, 0.3) is 0 Å². The van der Waals surface area contributed by atoms with Crippen molar-refractivity contribution in [1.29, 1.82) is 0 Å². The number of amides is 3. The van der Waals surface area contributed by atoms with E-state index in [0.29, 0.717) is 17.2 Å². The average molecular weight is 501 g/mol. The molecule has 0 fully saturated rings. The second-order valence-electron chi connectivity index (χ2n) is 8.70. The third kappa shape index (κ3) is 8.61. The first kappa shape index (κ1) is 27.1. The van der Waals surface area contributed by atoms with Gasteiger partial charge in [-0.25, -0.2) is 5.43 Å². The van der Waals surface area contributed by atoms with E-state index in [1.807, 2.05) is 55.5 Å². The van der Waals surface area contributed by atoms with Gasteiger partial charge in [-0.15, -0.1) is 0 Å². The number of hydrazone groups is 1. The first-order chi connectivity index (χ1) is 17.9. The standard InChI is InChI=1S/C29H32N4O4/c1-4-23-9-5-6-11-26(23)32-27(34)19-37-25-10-7-8-22(16-25)18-31-33-29(36)28(35)30-17-21-12-14-24(15-13-21)20(2)3/h5-16,18,20H,4,17,19H2,1-3H3,(H,30,35)(H,32,34)(H,33,36)/b31-18-. The van der Waals surface area contributed by atoms with E-state index < -0.39 is 11.8 Å². The molecule has 3 rings (SSSR count). The fourth-order valence-electron chi connectivity index (χ4n) is 3.47. The molecule has 0 heterocycles. The Kier molecular flexibility index (Phi) is 9.96. The highest BCUT2D eigenvalue weighted by atomic mass is 16.5. The van der Waals surface area contributed by atoms with Crippen LogP contribution in [-0.4, -0.2) is 30.5 Å². The normalized spacial score (nSPS) is 10.8.